The number of rotatable bonds is 17. The van der Waals surface area contributed by atoms with E-state index in [1.165, 1.54) is 64.2 Å². The smallest absolute Gasteiger partial charge is 0.306 e. The van der Waals surface area contributed by atoms with Gasteiger partial charge in [0.15, 0.2) is 0 Å². The van der Waals surface area contributed by atoms with Crippen LogP contribution in [0, 0.1) is 0 Å². The van der Waals surface area contributed by atoms with Crippen molar-refractivity contribution < 1.29 is 19.4 Å². The molecule has 0 atom stereocenters. The second-order valence-electron chi connectivity index (χ2n) is 6.37. The van der Waals surface area contributed by atoms with Gasteiger partial charge < -0.3 is 15.2 Å². The van der Waals surface area contributed by atoms with E-state index >= 15 is 0 Å². The van der Waals surface area contributed by atoms with Gasteiger partial charge in [0.2, 0.25) is 5.91 Å². The second-order valence-corrected chi connectivity index (χ2v) is 6.37. The van der Waals surface area contributed by atoms with Gasteiger partial charge in [0.1, 0.15) is 6.73 Å². The fourth-order valence-electron chi connectivity index (χ4n) is 2.59. The summed E-state index contributed by atoms with van der Waals surface area (Å²) in [5.74, 6) is -0.675. The molecule has 0 heterocycles. The summed E-state index contributed by atoms with van der Waals surface area (Å²) < 4.78 is 5.08. The number of hydrogen-bond acceptors (Lipinski definition) is 4. The molecule has 0 saturated carbocycles. The summed E-state index contributed by atoms with van der Waals surface area (Å²) in [4.78, 5) is 22.4. The molecule has 2 N–H and O–H groups in total. The zero-order chi connectivity index (χ0) is 17.9. The molecule has 0 aliphatic rings. The van der Waals surface area contributed by atoms with Gasteiger partial charge >= 0.3 is 5.97 Å². The third-order valence-electron chi connectivity index (χ3n) is 4.09. The molecule has 0 aromatic heterocycles. The summed E-state index contributed by atoms with van der Waals surface area (Å²) >= 11 is 0. The summed E-state index contributed by atoms with van der Waals surface area (Å²) in [6.45, 7) is 2.29. The minimum Gasteiger partial charge on any atom is -0.466 e. The number of hydrogen-bond donors (Lipinski definition) is 2. The number of carbonyl (C=O) groups excluding carboxylic acids is 2. The monoisotopic (exact) mass is 343 g/mol. The Morgan fingerprint density at radius 3 is 1.79 bits per heavy atom. The van der Waals surface area contributed by atoms with E-state index in [-0.39, 0.29) is 24.7 Å². The van der Waals surface area contributed by atoms with Crippen molar-refractivity contribution in [2.75, 3.05) is 13.3 Å². The number of aliphatic hydroxyl groups excluding tert-OH is 1. The lowest BCUT2D eigenvalue weighted by molar-refractivity contribution is -0.145. The normalized spacial score (nSPS) is 10.6. The summed E-state index contributed by atoms with van der Waals surface area (Å²) in [5.41, 5.74) is 0. The third kappa shape index (κ3) is 17.3. The van der Waals surface area contributed by atoms with Gasteiger partial charge in [-0.15, -0.1) is 0 Å². The van der Waals surface area contributed by atoms with Crippen LogP contribution < -0.4 is 5.32 Å². The van der Waals surface area contributed by atoms with Crippen LogP contribution in [0.3, 0.4) is 0 Å². The molecule has 0 radical (unpaired) electrons. The van der Waals surface area contributed by atoms with Crippen molar-refractivity contribution >= 4 is 11.9 Å². The van der Waals surface area contributed by atoms with Gasteiger partial charge in [-0.2, -0.15) is 0 Å². The number of ether oxygens (including phenoxy) is 1. The van der Waals surface area contributed by atoms with E-state index < -0.39 is 6.73 Å². The fourth-order valence-corrected chi connectivity index (χ4v) is 2.59. The van der Waals surface area contributed by atoms with Gasteiger partial charge in [0.05, 0.1) is 13.0 Å². The van der Waals surface area contributed by atoms with Crippen LogP contribution in [-0.2, 0) is 14.3 Å². The van der Waals surface area contributed by atoms with E-state index in [9.17, 15) is 9.59 Å². The average molecular weight is 344 g/mol. The number of nitrogens with one attached hydrogen (secondary N) is 1. The van der Waals surface area contributed by atoms with Gasteiger partial charge in [-0.25, -0.2) is 0 Å². The number of unbranched alkanes of at least 4 members (excludes halogenated alkanes) is 11. The minimum atomic E-state index is -0.396. The van der Waals surface area contributed by atoms with E-state index in [1.807, 2.05) is 0 Å². The Morgan fingerprint density at radius 1 is 0.792 bits per heavy atom. The molecular formula is C19H37NO4. The molecule has 0 aliphatic heterocycles. The Labute approximate surface area is 147 Å². The van der Waals surface area contributed by atoms with Crippen molar-refractivity contribution in [1.82, 2.24) is 5.32 Å². The van der Waals surface area contributed by atoms with Gasteiger partial charge in [-0.05, 0) is 6.42 Å². The van der Waals surface area contributed by atoms with Crippen LogP contribution in [0.4, 0.5) is 0 Å². The van der Waals surface area contributed by atoms with Crippen LogP contribution >= 0.6 is 0 Å². The van der Waals surface area contributed by atoms with E-state index in [0.29, 0.717) is 6.61 Å². The maximum Gasteiger partial charge on any atom is 0.306 e. The van der Waals surface area contributed by atoms with Crippen LogP contribution in [-0.4, -0.2) is 30.3 Å². The Bertz CT molecular complexity index is 308. The Morgan fingerprint density at radius 2 is 1.29 bits per heavy atom. The first-order chi connectivity index (χ1) is 11.7. The molecule has 0 saturated heterocycles. The van der Waals surface area contributed by atoms with E-state index in [1.54, 1.807) is 0 Å². The van der Waals surface area contributed by atoms with E-state index in [2.05, 4.69) is 12.2 Å². The summed E-state index contributed by atoms with van der Waals surface area (Å²) in [6, 6.07) is 0. The first-order valence-corrected chi connectivity index (χ1v) is 9.74. The molecule has 142 valence electrons. The number of amides is 1. The first kappa shape index (κ1) is 22.9. The summed E-state index contributed by atoms with van der Waals surface area (Å²) in [5, 5.41) is 10.7. The van der Waals surface area contributed by atoms with Crippen LogP contribution in [0.5, 0.6) is 0 Å². The van der Waals surface area contributed by atoms with Crippen LogP contribution in [0.1, 0.15) is 96.8 Å². The molecule has 0 aromatic rings. The predicted octanol–water partition coefficient (Wildman–Crippen LogP) is 4.08. The Hall–Kier alpha value is -1.10. The lowest BCUT2D eigenvalue weighted by Crippen LogP contribution is -2.24. The second kappa shape index (κ2) is 18.2. The highest BCUT2D eigenvalue weighted by Crippen LogP contribution is 2.11. The van der Waals surface area contributed by atoms with Crippen molar-refractivity contribution in [1.29, 1.82) is 0 Å². The van der Waals surface area contributed by atoms with Crippen molar-refractivity contribution in [3.8, 4) is 0 Å². The number of aliphatic hydroxyl groups is 1. The zero-order valence-electron chi connectivity index (χ0n) is 15.5. The first-order valence-electron chi connectivity index (χ1n) is 9.74. The summed E-state index contributed by atoms with van der Waals surface area (Å²) in [7, 11) is 0. The Kier molecular flexibility index (Phi) is 17.4. The lowest BCUT2D eigenvalue weighted by Gasteiger charge is -2.05. The van der Waals surface area contributed by atoms with Gasteiger partial charge in [-0.3, -0.25) is 9.59 Å². The van der Waals surface area contributed by atoms with Gasteiger partial charge in [0, 0.05) is 6.42 Å². The average Bonchev–Trinajstić information content (AvgIpc) is 2.57. The molecule has 5 heteroatoms. The Balaban J connectivity index is 3.19. The maximum absolute atomic E-state index is 11.4. The molecule has 0 spiro atoms. The lowest BCUT2D eigenvalue weighted by atomic mass is 10.1. The molecule has 0 unspecified atom stereocenters. The zero-order valence-corrected chi connectivity index (χ0v) is 15.5. The fraction of sp³-hybridized carbons (Fsp3) is 0.895. The molecule has 24 heavy (non-hydrogen) atoms. The third-order valence-corrected chi connectivity index (χ3v) is 4.09. The highest BCUT2D eigenvalue weighted by atomic mass is 16.5. The van der Waals surface area contributed by atoms with Crippen molar-refractivity contribution in [2.24, 2.45) is 0 Å². The van der Waals surface area contributed by atoms with Crippen molar-refractivity contribution in [3.05, 3.63) is 0 Å². The minimum absolute atomic E-state index is 0.0673. The van der Waals surface area contributed by atoms with Crippen LogP contribution in [0.25, 0.3) is 0 Å². The van der Waals surface area contributed by atoms with E-state index in [0.717, 1.165) is 12.8 Å². The largest absolute Gasteiger partial charge is 0.466 e. The van der Waals surface area contributed by atoms with Gasteiger partial charge in [-0.1, -0.05) is 77.6 Å². The molecule has 5 nitrogen and oxygen atoms in total. The predicted molar refractivity (Wildman–Crippen MR) is 96.5 cm³/mol. The molecule has 0 bridgehead atoms. The molecule has 0 rings (SSSR count). The van der Waals surface area contributed by atoms with Crippen LogP contribution in [0.2, 0.25) is 0 Å². The quantitative estimate of drug-likeness (QED) is 0.237. The SMILES string of the molecule is CCCCCCCCCCCCCCOC(=O)CCC(=O)NCO. The maximum atomic E-state index is 11.4. The highest BCUT2D eigenvalue weighted by Gasteiger charge is 2.06. The van der Waals surface area contributed by atoms with Gasteiger partial charge in [0.25, 0.3) is 0 Å². The molecule has 1 amide bonds. The number of esters is 1. The molecule has 0 aromatic carbocycles. The molecular weight excluding hydrogens is 306 g/mol. The topological polar surface area (TPSA) is 75.6 Å². The standard InChI is InChI=1S/C19H37NO4/c1-2-3-4-5-6-7-8-9-10-11-12-13-16-24-19(23)15-14-18(22)20-17-21/h21H,2-17H2,1H3,(H,20,22). The van der Waals surface area contributed by atoms with Crippen molar-refractivity contribution in [2.45, 2.75) is 96.8 Å². The molecule has 0 aliphatic carbocycles. The molecule has 0 fully saturated rings. The van der Waals surface area contributed by atoms with E-state index in [4.69, 9.17) is 9.84 Å². The summed E-state index contributed by atoms with van der Waals surface area (Å²) in [6.07, 6.45) is 15.5. The highest BCUT2D eigenvalue weighted by molar-refractivity contribution is 5.81. The van der Waals surface area contributed by atoms with Crippen LogP contribution in [0.15, 0.2) is 0 Å². The number of carbonyl (C=O) groups is 2. The van der Waals surface area contributed by atoms with Crippen molar-refractivity contribution in [3.63, 3.8) is 0 Å².